The Hall–Kier alpha value is -1.32. The fraction of sp³-hybridized carbons (Fsp3) is 0.714. The van der Waals surface area contributed by atoms with Gasteiger partial charge in [0.25, 0.3) is 0 Å². The van der Waals surface area contributed by atoms with Gasteiger partial charge in [-0.05, 0) is 25.7 Å². The zero-order valence-electron chi connectivity index (χ0n) is 11.4. The molecule has 2 aliphatic rings. The molecule has 2 aliphatic heterocycles. The number of amides is 2. The van der Waals surface area contributed by atoms with E-state index in [1.807, 2.05) is 20.8 Å². The number of hydrogen-bond acceptors (Lipinski definition) is 2. The molecule has 2 fully saturated rings. The monoisotopic (exact) mass is 250 g/mol. The molecule has 0 saturated carbocycles. The molecule has 4 heteroatoms. The minimum absolute atomic E-state index is 0.0865. The second-order valence-corrected chi connectivity index (χ2v) is 5.60. The highest BCUT2D eigenvalue weighted by atomic mass is 16.2. The second kappa shape index (κ2) is 4.75. The van der Waals surface area contributed by atoms with Gasteiger partial charge in [-0.3, -0.25) is 9.59 Å². The van der Waals surface area contributed by atoms with Crippen LogP contribution in [0.4, 0.5) is 0 Å². The first-order chi connectivity index (χ1) is 8.49. The summed E-state index contributed by atoms with van der Waals surface area (Å²) >= 11 is 0. The van der Waals surface area contributed by atoms with Gasteiger partial charge in [-0.15, -0.1) is 6.58 Å². The number of rotatable bonds is 3. The Bertz CT molecular complexity index is 378. The van der Waals surface area contributed by atoms with Gasteiger partial charge in [0.15, 0.2) is 0 Å². The van der Waals surface area contributed by atoms with E-state index in [4.69, 9.17) is 0 Å². The Morgan fingerprint density at radius 3 is 2.50 bits per heavy atom. The minimum atomic E-state index is -0.333. The van der Waals surface area contributed by atoms with E-state index in [0.29, 0.717) is 0 Å². The maximum Gasteiger partial charge on any atom is 0.246 e. The molecule has 3 atom stereocenters. The molecule has 100 valence electrons. The summed E-state index contributed by atoms with van der Waals surface area (Å²) in [7, 11) is 0. The molecule has 0 radical (unpaired) electrons. The summed E-state index contributed by atoms with van der Waals surface area (Å²) in [6.07, 6.45) is 3.48. The first-order valence-corrected chi connectivity index (χ1v) is 6.74. The van der Waals surface area contributed by atoms with E-state index in [1.165, 1.54) is 0 Å². The topological polar surface area (TPSA) is 40.6 Å². The Labute approximate surface area is 109 Å². The van der Waals surface area contributed by atoms with E-state index in [2.05, 4.69) is 6.58 Å². The number of piperazine rings is 1. The van der Waals surface area contributed by atoms with Crippen LogP contribution in [0.25, 0.3) is 0 Å². The molecule has 0 bridgehead atoms. The van der Waals surface area contributed by atoms with Crippen molar-refractivity contribution in [3.05, 3.63) is 12.7 Å². The van der Waals surface area contributed by atoms with Crippen LogP contribution in [0.15, 0.2) is 12.7 Å². The lowest BCUT2D eigenvalue weighted by atomic mass is 9.94. The smallest absolute Gasteiger partial charge is 0.246 e. The molecule has 0 aromatic heterocycles. The van der Waals surface area contributed by atoms with E-state index in [0.717, 1.165) is 19.4 Å². The third-order valence-corrected chi connectivity index (χ3v) is 4.04. The Morgan fingerprint density at radius 2 is 1.94 bits per heavy atom. The summed E-state index contributed by atoms with van der Waals surface area (Å²) in [6, 6.07) is -0.647. The van der Waals surface area contributed by atoms with Crippen molar-refractivity contribution in [1.29, 1.82) is 0 Å². The van der Waals surface area contributed by atoms with Gasteiger partial charge in [-0.2, -0.15) is 0 Å². The summed E-state index contributed by atoms with van der Waals surface area (Å²) in [5, 5.41) is 0. The number of fused-ring (bicyclic) bond motifs is 1. The van der Waals surface area contributed by atoms with Crippen LogP contribution in [0.3, 0.4) is 0 Å². The van der Waals surface area contributed by atoms with E-state index in [9.17, 15) is 9.59 Å². The lowest BCUT2D eigenvalue weighted by Gasteiger charge is -2.46. The summed E-state index contributed by atoms with van der Waals surface area (Å²) in [5.41, 5.74) is 0. The van der Waals surface area contributed by atoms with Crippen LogP contribution < -0.4 is 0 Å². The van der Waals surface area contributed by atoms with Crippen molar-refractivity contribution in [2.75, 3.05) is 6.54 Å². The first-order valence-electron chi connectivity index (χ1n) is 6.74. The van der Waals surface area contributed by atoms with Crippen LogP contribution in [0.1, 0.15) is 33.6 Å². The lowest BCUT2D eigenvalue weighted by Crippen LogP contribution is -2.65. The Balaban J connectivity index is 2.37. The lowest BCUT2D eigenvalue weighted by molar-refractivity contribution is -0.162. The molecule has 2 amide bonds. The van der Waals surface area contributed by atoms with Crippen molar-refractivity contribution in [2.24, 2.45) is 5.92 Å². The summed E-state index contributed by atoms with van der Waals surface area (Å²) in [5.74, 6) is 0.337. The zero-order chi connectivity index (χ0) is 13.4. The minimum Gasteiger partial charge on any atom is -0.329 e. The zero-order valence-corrected chi connectivity index (χ0v) is 11.4. The van der Waals surface area contributed by atoms with Crippen molar-refractivity contribution >= 4 is 11.8 Å². The van der Waals surface area contributed by atoms with E-state index >= 15 is 0 Å². The quantitative estimate of drug-likeness (QED) is 0.711. The van der Waals surface area contributed by atoms with Gasteiger partial charge in [0, 0.05) is 12.6 Å². The van der Waals surface area contributed by atoms with E-state index in [1.54, 1.807) is 15.9 Å². The molecule has 0 aliphatic carbocycles. The third-order valence-electron chi connectivity index (χ3n) is 4.04. The van der Waals surface area contributed by atoms with E-state index < -0.39 is 0 Å². The van der Waals surface area contributed by atoms with Gasteiger partial charge in [0.05, 0.1) is 0 Å². The van der Waals surface area contributed by atoms with Crippen LogP contribution in [0, 0.1) is 5.92 Å². The molecular weight excluding hydrogens is 228 g/mol. The average molecular weight is 250 g/mol. The molecule has 2 saturated heterocycles. The van der Waals surface area contributed by atoms with Gasteiger partial charge in [-0.25, -0.2) is 0 Å². The van der Waals surface area contributed by atoms with Crippen molar-refractivity contribution in [2.45, 2.75) is 51.7 Å². The predicted octanol–water partition coefficient (Wildman–Crippen LogP) is 1.42. The molecule has 2 heterocycles. The number of carbonyl (C=O) groups is 2. The second-order valence-electron chi connectivity index (χ2n) is 5.60. The molecule has 0 spiro atoms. The van der Waals surface area contributed by atoms with Crippen molar-refractivity contribution in [3.8, 4) is 0 Å². The van der Waals surface area contributed by atoms with Crippen molar-refractivity contribution < 1.29 is 9.59 Å². The third kappa shape index (κ3) is 1.84. The van der Waals surface area contributed by atoms with Crippen molar-refractivity contribution in [1.82, 2.24) is 9.80 Å². The van der Waals surface area contributed by atoms with E-state index in [-0.39, 0.29) is 35.9 Å². The van der Waals surface area contributed by atoms with Crippen LogP contribution in [-0.2, 0) is 9.59 Å². The summed E-state index contributed by atoms with van der Waals surface area (Å²) < 4.78 is 0. The number of hydrogen-bond donors (Lipinski definition) is 0. The van der Waals surface area contributed by atoms with Crippen molar-refractivity contribution in [3.63, 3.8) is 0 Å². The van der Waals surface area contributed by atoms with Crippen LogP contribution in [-0.4, -0.2) is 46.3 Å². The van der Waals surface area contributed by atoms with Crippen LogP contribution >= 0.6 is 0 Å². The standard InChI is InChI=1S/C14H22N2O2/c1-5-10(4)16-12(9(2)3)14(18)15-8-6-7-11(15)13(16)17/h5,9-12H,1,6-8H2,2-4H3. The molecule has 0 N–H and O–H groups in total. The van der Waals surface area contributed by atoms with Gasteiger partial charge in [-0.1, -0.05) is 19.9 Å². The van der Waals surface area contributed by atoms with Gasteiger partial charge < -0.3 is 9.80 Å². The van der Waals surface area contributed by atoms with Gasteiger partial charge >= 0.3 is 0 Å². The maximum absolute atomic E-state index is 12.6. The fourth-order valence-electron chi connectivity index (χ4n) is 3.06. The number of carbonyl (C=O) groups excluding carboxylic acids is 2. The molecule has 0 aromatic carbocycles. The Morgan fingerprint density at radius 1 is 1.28 bits per heavy atom. The molecule has 0 aromatic rings. The molecule has 3 unspecified atom stereocenters. The summed E-state index contributed by atoms with van der Waals surface area (Å²) in [6.45, 7) is 10.4. The molecule has 18 heavy (non-hydrogen) atoms. The van der Waals surface area contributed by atoms with Gasteiger partial charge in [0.1, 0.15) is 12.1 Å². The first kappa shape index (κ1) is 13.1. The molecule has 2 rings (SSSR count). The van der Waals surface area contributed by atoms with Gasteiger partial charge in [0.2, 0.25) is 11.8 Å². The predicted molar refractivity (Wildman–Crippen MR) is 69.9 cm³/mol. The highest BCUT2D eigenvalue weighted by Gasteiger charge is 2.49. The number of nitrogens with zero attached hydrogens (tertiary/aromatic N) is 2. The van der Waals surface area contributed by atoms with Crippen LogP contribution in [0.5, 0.6) is 0 Å². The largest absolute Gasteiger partial charge is 0.329 e. The highest BCUT2D eigenvalue weighted by molar-refractivity contribution is 5.97. The normalized spacial score (nSPS) is 29.8. The fourth-order valence-corrected chi connectivity index (χ4v) is 3.06. The summed E-state index contributed by atoms with van der Waals surface area (Å²) in [4.78, 5) is 28.6. The Kier molecular flexibility index (Phi) is 3.46. The average Bonchev–Trinajstić information content (AvgIpc) is 2.81. The highest BCUT2D eigenvalue weighted by Crippen LogP contribution is 2.31. The maximum atomic E-state index is 12.6. The molecular formula is C14H22N2O2. The van der Waals surface area contributed by atoms with Crippen LogP contribution in [0.2, 0.25) is 0 Å². The molecule has 4 nitrogen and oxygen atoms in total. The SMILES string of the molecule is C=CC(C)N1C(=O)C2CCCN2C(=O)C1C(C)C.